The Bertz CT molecular complexity index is 1160. The zero-order valence-corrected chi connectivity index (χ0v) is 20.9. The van der Waals surface area contributed by atoms with Crippen LogP contribution in [0.1, 0.15) is 37.0 Å². The van der Waals surface area contributed by atoms with Gasteiger partial charge in [0.15, 0.2) is 5.13 Å². The van der Waals surface area contributed by atoms with Crippen molar-refractivity contribution in [2.75, 3.05) is 18.4 Å². The molecule has 0 saturated heterocycles. The molecule has 0 atom stereocenters. The molecular weight excluding hydrogens is 497 g/mol. The summed E-state index contributed by atoms with van der Waals surface area (Å²) in [4.78, 5) is 17.1. The van der Waals surface area contributed by atoms with Crippen molar-refractivity contribution in [2.24, 2.45) is 0 Å². The van der Waals surface area contributed by atoms with Gasteiger partial charge >= 0.3 is 0 Å². The van der Waals surface area contributed by atoms with Gasteiger partial charge in [0.1, 0.15) is 4.34 Å². The molecule has 3 rings (SSSR count). The van der Waals surface area contributed by atoms with E-state index in [1.54, 1.807) is 11.4 Å². The fraction of sp³-hybridized carbons (Fsp3) is 0.300. The molecule has 0 aliphatic carbocycles. The molecule has 1 aromatic carbocycles. The highest BCUT2D eigenvalue weighted by molar-refractivity contribution is 7.89. The number of nitrogens with one attached hydrogen (secondary N) is 1. The number of carbonyl (C=O) groups excluding carboxylic acids is 1. The Morgan fingerprint density at radius 1 is 1.19 bits per heavy atom. The summed E-state index contributed by atoms with van der Waals surface area (Å²) in [5.41, 5.74) is 1.68. The van der Waals surface area contributed by atoms with Crippen molar-refractivity contribution in [2.45, 2.75) is 31.6 Å². The molecule has 0 unspecified atom stereocenters. The molecule has 6 nitrogen and oxygen atoms in total. The average molecular weight is 519 g/mol. The number of anilines is 1. The van der Waals surface area contributed by atoms with Crippen molar-refractivity contribution < 1.29 is 13.2 Å². The topological polar surface area (TPSA) is 79.4 Å². The second-order valence-electron chi connectivity index (χ2n) is 6.60. The van der Waals surface area contributed by atoms with Gasteiger partial charge in [-0.15, -0.1) is 22.7 Å². The summed E-state index contributed by atoms with van der Waals surface area (Å²) in [5.74, 6) is -0.377. The second-order valence-corrected chi connectivity index (χ2v) is 11.7. The smallest absolute Gasteiger partial charge is 0.257 e. The van der Waals surface area contributed by atoms with Crippen molar-refractivity contribution in [3.8, 4) is 11.3 Å². The van der Waals surface area contributed by atoms with Crippen LogP contribution in [0.15, 0.2) is 40.6 Å². The van der Waals surface area contributed by atoms with Gasteiger partial charge in [-0.25, -0.2) is 13.4 Å². The van der Waals surface area contributed by atoms with E-state index in [1.165, 1.54) is 51.2 Å². The number of rotatable bonds is 9. The molecule has 0 aliphatic rings. The number of hydrogen-bond donors (Lipinski definition) is 1. The third-order valence-corrected chi connectivity index (χ3v) is 8.76. The first-order valence-electron chi connectivity index (χ1n) is 9.58. The van der Waals surface area contributed by atoms with E-state index >= 15 is 0 Å². The summed E-state index contributed by atoms with van der Waals surface area (Å²) >= 11 is 14.7. The van der Waals surface area contributed by atoms with Crippen molar-refractivity contribution in [3.05, 3.63) is 49.9 Å². The van der Waals surface area contributed by atoms with Crippen LogP contribution in [0, 0.1) is 0 Å². The van der Waals surface area contributed by atoms with Crippen LogP contribution in [-0.4, -0.2) is 36.7 Å². The van der Waals surface area contributed by atoms with Gasteiger partial charge in [-0.3, -0.25) is 10.1 Å². The Kier molecular flexibility index (Phi) is 8.12. The number of unbranched alkanes of at least 4 members (excludes halogenated alkanes) is 1. The maximum atomic E-state index is 12.8. The van der Waals surface area contributed by atoms with Crippen LogP contribution in [-0.2, 0) is 10.0 Å². The van der Waals surface area contributed by atoms with Gasteiger partial charge in [-0.1, -0.05) is 43.5 Å². The number of carbonyl (C=O) groups is 1. The SMILES string of the molecule is CCCCN(CC)S(=O)(=O)c1ccc(C(=O)Nc2nc(-c3cc(Cl)sc3Cl)cs2)cc1. The quantitative estimate of drug-likeness (QED) is 0.364. The van der Waals surface area contributed by atoms with Gasteiger partial charge in [0, 0.05) is 29.6 Å². The van der Waals surface area contributed by atoms with Crippen LogP contribution < -0.4 is 5.32 Å². The van der Waals surface area contributed by atoms with E-state index in [-0.39, 0.29) is 10.8 Å². The third-order valence-electron chi connectivity index (χ3n) is 4.53. The molecule has 0 aliphatic heterocycles. The average Bonchev–Trinajstić information content (AvgIpc) is 3.33. The molecule has 0 bridgehead atoms. The number of benzene rings is 1. The lowest BCUT2D eigenvalue weighted by Gasteiger charge is -2.20. The molecule has 3 aromatic rings. The number of aromatic nitrogens is 1. The summed E-state index contributed by atoms with van der Waals surface area (Å²) in [6.45, 7) is 4.71. The fourth-order valence-electron chi connectivity index (χ4n) is 2.85. The van der Waals surface area contributed by atoms with Crippen molar-refractivity contribution in [3.63, 3.8) is 0 Å². The molecule has 2 aromatic heterocycles. The lowest BCUT2D eigenvalue weighted by Crippen LogP contribution is -2.31. The lowest BCUT2D eigenvalue weighted by molar-refractivity contribution is 0.102. The maximum absolute atomic E-state index is 12.8. The van der Waals surface area contributed by atoms with Crippen LogP contribution >= 0.6 is 45.9 Å². The molecule has 0 spiro atoms. The first kappa shape index (κ1) is 24.2. The first-order chi connectivity index (χ1) is 14.8. The molecule has 0 radical (unpaired) electrons. The number of amides is 1. The van der Waals surface area contributed by atoms with E-state index in [2.05, 4.69) is 10.3 Å². The predicted molar refractivity (Wildman–Crippen MR) is 129 cm³/mol. The van der Waals surface area contributed by atoms with Crippen LogP contribution in [0.3, 0.4) is 0 Å². The van der Waals surface area contributed by atoms with Crippen molar-refractivity contribution in [1.29, 1.82) is 0 Å². The lowest BCUT2D eigenvalue weighted by atomic mass is 10.2. The van der Waals surface area contributed by atoms with E-state index in [4.69, 9.17) is 23.2 Å². The van der Waals surface area contributed by atoms with Crippen LogP contribution in [0.2, 0.25) is 8.67 Å². The Morgan fingerprint density at radius 3 is 2.48 bits per heavy atom. The highest BCUT2D eigenvalue weighted by Gasteiger charge is 2.23. The molecule has 166 valence electrons. The summed E-state index contributed by atoms with van der Waals surface area (Å²) in [6, 6.07) is 7.65. The van der Waals surface area contributed by atoms with Crippen LogP contribution in [0.4, 0.5) is 5.13 Å². The number of halogens is 2. The van der Waals surface area contributed by atoms with Crippen molar-refractivity contribution in [1.82, 2.24) is 9.29 Å². The molecule has 0 saturated carbocycles. The Labute approximate surface area is 199 Å². The van der Waals surface area contributed by atoms with Gasteiger partial charge in [-0.05, 0) is 36.8 Å². The maximum Gasteiger partial charge on any atom is 0.257 e. The van der Waals surface area contributed by atoms with E-state index in [1.807, 2.05) is 13.8 Å². The predicted octanol–water partition coefficient (Wildman–Crippen LogP) is 6.24. The van der Waals surface area contributed by atoms with E-state index in [0.29, 0.717) is 43.7 Å². The number of sulfonamides is 1. The largest absolute Gasteiger partial charge is 0.298 e. The van der Waals surface area contributed by atoms with Crippen molar-refractivity contribution >= 4 is 66.9 Å². The van der Waals surface area contributed by atoms with Gasteiger partial charge in [0.25, 0.3) is 5.91 Å². The highest BCUT2D eigenvalue weighted by atomic mass is 35.5. The molecule has 11 heteroatoms. The normalized spacial score (nSPS) is 11.8. The first-order valence-corrected chi connectivity index (χ1v) is 13.5. The number of nitrogens with zero attached hydrogens (tertiary/aromatic N) is 2. The van der Waals surface area contributed by atoms with Crippen LogP contribution in [0.5, 0.6) is 0 Å². The van der Waals surface area contributed by atoms with E-state index in [0.717, 1.165) is 12.8 Å². The standard InChI is InChI=1S/C20H21Cl2N3O3S3/c1-3-5-10-25(4-2)31(27,28)14-8-6-13(7-9-14)19(26)24-20-23-16(12-29-20)15-11-17(21)30-18(15)22/h6-9,11-12H,3-5,10H2,1-2H3,(H,23,24,26). The molecule has 1 amide bonds. The highest BCUT2D eigenvalue weighted by Crippen LogP contribution is 2.39. The fourth-order valence-corrected chi connectivity index (χ4v) is 6.52. The Balaban J connectivity index is 1.72. The molecule has 0 fully saturated rings. The van der Waals surface area contributed by atoms with Gasteiger partial charge in [0.2, 0.25) is 10.0 Å². The summed E-state index contributed by atoms with van der Waals surface area (Å²) < 4.78 is 28.2. The Morgan fingerprint density at radius 2 is 1.90 bits per heavy atom. The minimum Gasteiger partial charge on any atom is -0.298 e. The number of thiophene rings is 1. The van der Waals surface area contributed by atoms with Gasteiger partial charge in [-0.2, -0.15) is 4.31 Å². The Hall–Kier alpha value is -1.49. The van der Waals surface area contributed by atoms with Crippen LogP contribution in [0.25, 0.3) is 11.3 Å². The minimum atomic E-state index is -3.59. The third kappa shape index (κ3) is 5.66. The second kappa shape index (κ2) is 10.4. The molecule has 2 heterocycles. The number of hydrogen-bond acceptors (Lipinski definition) is 6. The molecule has 1 N–H and O–H groups in total. The summed E-state index contributed by atoms with van der Waals surface area (Å²) in [7, 11) is -3.59. The summed E-state index contributed by atoms with van der Waals surface area (Å²) in [5, 5.41) is 4.92. The van der Waals surface area contributed by atoms with Gasteiger partial charge in [0.05, 0.1) is 14.9 Å². The zero-order valence-electron chi connectivity index (χ0n) is 16.9. The van der Waals surface area contributed by atoms with Gasteiger partial charge < -0.3 is 0 Å². The minimum absolute atomic E-state index is 0.169. The summed E-state index contributed by atoms with van der Waals surface area (Å²) in [6.07, 6.45) is 1.71. The molecule has 31 heavy (non-hydrogen) atoms. The zero-order chi connectivity index (χ0) is 22.6. The molecular formula is C20H21Cl2N3O3S3. The number of thiazole rings is 1. The monoisotopic (exact) mass is 517 g/mol. The van der Waals surface area contributed by atoms with E-state index < -0.39 is 10.0 Å². The van der Waals surface area contributed by atoms with E-state index in [9.17, 15) is 13.2 Å².